The van der Waals surface area contributed by atoms with E-state index < -0.39 is 15.3 Å². The van der Waals surface area contributed by atoms with Crippen LogP contribution < -0.4 is 0 Å². The highest BCUT2D eigenvalue weighted by Gasteiger charge is 2.27. The first-order valence-corrected chi connectivity index (χ1v) is 7.95. The van der Waals surface area contributed by atoms with E-state index in [1.54, 1.807) is 13.0 Å². The van der Waals surface area contributed by atoms with E-state index >= 15 is 0 Å². The number of halogens is 2. The Hall–Kier alpha value is -0.850. The van der Waals surface area contributed by atoms with Crippen molar-refractivity contribution in [2.45, 2.75) is 26.0 Å². The van der Waals surface area contributed by atoms with Gasteiger partial charge < -0.3 is 0 Å². The molecule has 2 heterocycles. The Kier molecular flexibility index (Phi) is 3.77. The van der Waals surface area contributed by atoms with Gasteiger partial charge in [0.1, 0.15) is 5.15 Å². The molecule has 104 valence electrons. The average Bonchev–Trinajstić information content (AvgIpc) is 2.72. The fourth-order valence-electron chi connectivity index (χ4n) is 1.66. The number of nitrogens with zero attached hydrogens (tertiary/aromatic N) is 3. The summed E-state index contributed by atoms with van der Waals surface area (Å²) in [5, 5.41) is -0.0211. The molecule has 8 heteroatoms. The van der Waals surface area contributed by atoms with Gasteiger partial charge in [0, 0.05) is 6.20 Å². The summed E-state index contributed by atoms with van der Waals surface area (Å²) in [7, 11) is -3.55. The summed E-state index contributed by atoms with van der Waals surface area (Å²) in [6, 6.07) is 1.57. The zero-order valence-electron chi connectivity index (χ0n) is 10.6. The van der Waals surface area contributed by atoms with E-state index in [1.807, 2.05) is 13.8 Å². The molecular weight excluding hydrogens is 309 g/mol. The molecule has 0 saturated carbocycles. The van der Waals surface area contributed by atoms with Gasteiger partial charge in [0.2, 0.25) is 15.3 Å². The maximum absolute atomic E-state index is 12.5. The molecule has 0 aliphatic rings. The molecule has 1 atom stereocenters. The third-order valence-corrected chi connectivity index (χ3v) is 5.90. The molecule has 2 aromatic rings. The van der Waals surface area contributed by atoms with Gasteiger partial charge in [-0.1, -0.05) is 25.4 Å². The van der Waals surface area contributed by atoms with Crippen LogP contribution in [-0.2, 0) is 10.0 Å². The summed E-state index contributed by atoms with van der Waals surface area (Å²) in [5.41, 5.74) is 0.206. The lowest BCUT2D eigenvalue weighted by Crippen LogP contribution is -2.29. The lowest BCUT2D eigenvalue weighted by molar-refractivity contribution is 0.539. The minimum absolute atomic E-state index is 0.0183. The van der Waals surface area contributed by atoms with Gasteiger partial charge in [-0.2, -0.15) is 4.98 Å². The number of hydrogen-bond donors (Lipinski definition) is 0. The molecule has 0 aliphatic carbocycles. The molecule has 0 spiro atoms. The number of rotatable bonds is 3. The van der Waals surface area contributed by atoms with Crippen LogP contribution in [0, 0.1) is 5.92 Å². The van der Waals surface area contributed by atoms with Gasteiger partial charge >= 0.3 is 0 Å². The van der Waals surface area contributed by atoms with Crippen LogP contribution >= 0.6 is 23.2 Å². The third-order valence-electron chi connectivity index (χ3n) is 3.12. The van der Waals surface area contributed by atoms with Crippen molar-refractivity contribution in [3.8, 4) is 0 Å². The van der Waals surface area contributed by atoms with Gasteiger partial charge in [-0.3, -0.25) is 0 Å². The van der Waals surface area contributed by atoms with Gasteiger partial charge in [-0.15, -0.1) is 0 Å². The highest BCUT2D eigenvalue weighted by atomic mass is 35.5. The number of hydrogen-bond acceptors (Lipinski definition) is 4. The van der Waals surface area contributed by atoms with Crippen molar-refractivity contribution in [1.29, 1.82) is 0 Å². The highest BCUT2D eigenvalue weighted by molar-refractivity contribution is 7.90. The monoisotopic (exact) mass is 321 g/mol. The molecule has 0 bridgehead atoms. The summed E-state index contributed by atoms with van der Waals surface area (Å²) >= 11 is 11.7. The number of fused-ring (bicyclic) bond motifs is 1. The zero-order chi connectivity index (χ0) is 14.4. The van der Waals surface area contributed by atoms with E-state index in [0.717, 1.165) is 3.97 Å². The largest absolute Gasteiger partial charge is 0.243 e. The van der Waals surface area contributed by atoms with E-state index in [-0.39, 0.29) is 22.0 Å². The summed E-state index contributed by atoms with van der Waals surface area (Å²) in [5.74, 6) is -0.0183. The molecule has 2 aromatic heterocycles. The van der Waals surface area contributed by atoms with Crippen LogP contribution in [0.1, 0.15) is 20.8 Å². The smallest absolute Gasteiger partial charge is 0.228 e. The Bertz CT molecular complexity index is 725. The second-order valence-corrected chi connectivity index (χ2v) is 7.49. The molecule has 0 aromatic carbocycles. The predicted molar refractivity (Wildman–Crippen MR) is 76.2 cm³/mol. The first-order chi connectivity index (χ1) is 8.75. The van der Waals surface area contributed by atoms with Crippen LogP contribution in [0.25, 0.3) is 11.0 Å². The van der Waals surface area contributed by atoms with Crippen molar-refractivity contribution in [3.05, 3.63) is 22.7 Å². The van der Waals surface area contributed by atoms with Gasteiger partial charge in [0.05, 0.1) is 10.6 Å². The summed E-state index contributed by atoms with van der Waals surface area (Å²) in [4.78, 5) is 7.75. The van der Waals surface area contributed by atoms with Crippen molar-refractivity contribution >= 4 is 44.3 Å². The first-order valence-electron chi connectivity index (χ1n) is 5.69. The average molecular weight is 322 g/mol. The number of aromatic nitrogens is 3. The third kappa shape index (κ3) is 2.44. The highest BCUT2D eigenvalue weighted by Crippen LogP contribution is 2.26. The van der Waals surface area contributed by atoms with Gasteiger partial charge in [-0.05, 0) is 30.5 Å². The van der Waals surface area contributed by atoms with E-state index in [2.05, 4.69) is 9.97 Å². The second kappa shape index (κ2) is 4.92. The molecule has 0 amide bonds. The molecular formula is C11H13Cl2N3O2S. The van der Waals surface area contributed by atoms with Gasteiger partial charge in [0.25, 0.3) is 0 Å². The van der Waals surface area contributed by atoms with E-state index in [1.165, 1.54) is 6.20 Å². The van der Waals surface area contributed by atoms with Crippen LogP contribution in [0.2, 0.25) is 10.4 Å². The standard InChI is InChI=1S/C11H13Cl2N3O2S/c1-6(2)7(3)19(17,18)16-5-4-8-9(12)14-11(13)15-10(8)16/h4-7H,1-3H3. The Labute approximate surface area is 121 Å². The van der Waals surface area contributed by atoms with Crippen LogP contribution in [-0.4, -0.2) is 27.6 Å². The van der Waals surface area contributed by atoms with Crippen LogP contribution in [0.15, 0.2) is 12.3 Å². The second-order valence-electron chi connectivity index (χ2n) is 4.63. The van der Waals surface area contributed by atoms with Crippen LogP contribution in [0.5, 0.6) is 0 Å². The molecule has 1 unspecified atom stereocenters. The van der Waals surface area contributed by atoms with E-state index in [0.29, 0.717) is 5.39 Å². The minimum atomic E-state index is -3.55. The fourth-order valence-corrected chi connectivity index (χ4v) is 3.75. The summed E-state index contributed by atoms with van der Waals surface area (Å²) in [6.45, 7) is 5.36. The maximum atomic E-state index is 12.5. The molecule has 2 rings (SSSR count). The summed E-state index contributed by atoms with van der Waals surface area (Å²) in [6.07, 6.45) is 1.43. The predicted octanol–water partition coefficient (Wildman–Crippen LogP) is 2.96. The molecule has 5 nitrogen and oxygen atoms in total. The van der Waals surface area contributed by atoms with Crippen molar-refractivity contribution in [1.82, 2.24) is 13.9 Å². The van der Waals surface area contributed by atoms with Crippen molar-refractivity contribution in [2.24, 2.45) is 5.92 Å². The quantitative estimate of drug-likeness (QED) is 0.644. The Morgan fingerprint density at radius 1 is 1.21 bits per heavy atom. The topological polar surface area (TPSA) is 64.8 Å². The maximum Gasteiger partial charge on any atom is 0.243 e. The van der Waals surface area contributed by atoms with Gasteiger partial charge in [0.15, 0.2) is 5.65 Å². The Balaban J connectivity index is 2.71. The zero-order valence-corrected chi connectivity index (χ0v) is 13.0. The molecule has 0 N–H and O–H groups in total. The molecule has 0 saturated heterocycles. The van der Waals surface area contributed by atoms with Crippen molar-refractivity contribution < 1.29 is 8.42 Å². The lowest BCUT2D eigenvalue weighted by atomic mass is 10.2. The fraction of sp³-hybridized carbons (Fsp3) is 0.455. The normalized spacial score (nSPS) is 14.2. The lowest BCUT2D eigenvalue weighted by Gasteiger charge is -2.17. The Morgan fingerprint density at radius 2 is 1.84 bits per heavy atom. The Morgan fingerprint density at radius 3 is 2.42 bits per heavy atom. The van der Waals surface area contributed by atoms with Crippen molar-refractivity contribution in [3.63, 3.8) is 0 Å². The van der Waals surface area contributed by atoms with E-state index in [4.69, 9.17) is 23.2 Å². The minimum Gasteiger partial charge on any atom is -0.228 e. The summed E-state index contributed by atoms with van der Waals surface area (Å²) < 4.78 is 26.1. The molecule has 0 aliphatic heterocycles. The van der Waals surface area contributed by atoms with Crippen LogP contribution in [0.3, 0.4) is 0 Å². The first kappa shape index (κ1) is 14.6. The molecule has 19 heavy (non-hydrogen) atoms. The van der Waals surface area contributed by atoms with Crippen LogP contribution in [0.4, 0.5) is 0 Å². The SMILES string of the molecule is CC(C)C(C)S(=O)(=O)n1ccc2c(Cl)nc(Cl)nc21. The van der Waals surface area contributed by atoms with E-state index in [9.17, 15) is 8.42 Å². The van der Waals surface area contributed by atoms with Gasteiger partial charge in [-0.25, -0.2) is 17.4 Å². The molecule has 0 radical (unpaired) electrons. The van der Waals surface area contributed by atoms with Crippen molar-refractivity contribution in [2.75, 3.05) is 0 Å². The molecule has 0 fully saturated rings.